The molecule has 0 spiro atoms. The summed E-state index contributed by atoms with van der Waals surface area (Å²) in [5, 5.41) is 2.61. The number of hydrogen-bond donors (Lipinski definition) is 2. The van der Waals surface area contributed by atoms with Crippen LogP contribution in [0.15, 0.2) is 22.7 Å². The van der Waals surface area contributed by atoms with Crippen molar-refractivity contribution in [2.75, 3.05) is 13.1 Å². The number of nitrogens with two attached hydrogens (primary N) is 1. The van der Waals surface area contributed by atoms with E-state index in [0.29, 0.717) is 15.6 Å². The smallest absolute Gasteiger partial charge is 0.262 e. The van der Waals surface area contributed by atoms with Crippen LogP contribution in [0.5, 0.6) is 0 Å². The molecular weight excluding hydrogens is 374 g/mol. The first kappa shape index (κ1) is 18.6. The second-order valence-corrected chi connectivity index (χ2v) is 6.57. The van der Waals surface area contributed by atoms with Gasteiger partial charge >= 0.3 is 0 Å². The molecule has 1 aromatic rings. The van der Waals surface area contributed by atoms with Gasteiger partial charge in [-0.05, 0) is 32.0 Å². The Morgan fingerprint density at radius 3 is 2.45 bits per heavy atom. The standard InChI is InChI=1S/C14H16BrN3O3.ClH/c1-14(2,16)7-17-11(19)6-18-12(20)9-4-3-8(15)5-10(9)13(18)21;/h3-5H,6-7,16H2,1-2H3,(H,17,19);1H. The van der Waals surface area contributed by atoms with Gasteiger partial charge in [0.15, 0.2) is 0 Å². The number of benzene rings is 1. The Morgan fingerprint density at radius 2 is 1.86 bits per heavy atom. The third-order valence-electron chi connectivity index (χ3n) is 2.98. The van der Waals surface area contributed by atoms with E-state index in [1.807, 2.05) is 0 Å². The molecule has 0 aliphatic carbocycles. The van der Waals surface area contributed by atoms with Crippen molar-refractivity contribution in [3.05, 3.63) is 33.8 Å². The maximum absolute atomic E-state index is 12.2. The summed E-state index contributed by atoms with van der Waals surface area (Å²) in [5.74, 6) is -1.33. The molecule has 0 saturated carbocycles. The molecule has 0 unspecified atom stereocenters. The molecule has 3 N–H and O–H groups in total. The molecule has 1 aliphatic heterocycles. The highest BCUT2D eigenvalue weighted by Gasteiger charge is 2.36. The minimum absolute atomic E-state index is 0. The topological polar surface area (TPSA) is 92.5 Å². The van der Waals surface area contributed by atoms with Crippen LogP contribution < -0.4 is 11.1 Å². The van der Waals surface area contributed by atoms with Gasteiger partial charge in [-0.1, -0.05) is 15.9 Å². The monoisotopic (exact) mass is 389 g/mol. The summed E-state index contributed by atoms with van der Waals surface area (Å²) >= 11 is 3.25. The third kappa shape index (κ3) is 4.06. The number of imide groups is 1. The van der Waals surface area contributed by atoms with Crippen molar-refractivity contribution in [3.8, 4) is 0 Å². The van der Waals surface area contributed by atoms with Crippen LogP contribution in [0.25, 0.3) is 0 Å². The summed E-state index contributed by atoms with van der Waals surface area (Å²) in [7, 11) is 0. The van der Waals surface area contributed by atoms with E-state index in [-0.39, 0.29) is 25.5 Å². The van der Waals surface area contributed by atoms with E-state index in [2.05, 4.69) is 21.2 Å². The normalized spacial score (nSPS) is 13.7. The van der Waals surface area contributed by atoms with Crippen LogP contribution in [-0.4, -0.2) is 41.2 Å². The first-order valence-electron chi connectivity index (χ1n) is 6.40. The van der Waals surface area contributed by atoms with E-state index in [9.17, 15) is 14.4 Å². The number of hydrogen-bond acceptors (Lipinski definition) is 4. The van der Waals surface area contributed by atoms with E-state index in [1.54, 1.807) is 32.0 Å². The first-order valence-corrected chi connectivity index (χ1v) is 7.20. The summed E-state index contributed by atoms with van der Waals surface area (Å²) in [6.45, 7) is 3.50. The van der Waals surface area contributed by atoms with Crippen LogP contribution in [0.1, 0.15) is 34.6 Å². The average molecular weight is 391 g/mol. The number of nitrogens with zero attached hydrogens (tertiary/aromatic N) is 1. The molecule has 6 nitrogen and oxygen atoms in total. The molecule has 0 aromatic heterocycles. The quantitative estimate of drug-likeness (QED) is 0.758. The lowest BCUT2D eigenvalue weighted by Gasteiger charge is -2.20. The highest BCUT2D eigenvalue weighted by Crippen LogP contribution is 2.25. The van der Waals surface area contributed by atoms with Crippen molar-refractivity contribution in [1.82, 2.24) is 10.2 Å². The fourth-order valence-electron chi connectivity index (χ4n) is 1.93. The molecule has 1 aliphatic rings. The van der Waals surface area contributed by atoms with Crippen molar-refractivity contribution in [1.29, 1.82) is 0 Å². The highest BCUT2D eigenvalue weighted by molar-refractivity contribution is 9.10. The van der Waals surface area contributed by atoms with Crippen LogP contribution in [-0.2, 0) is 4.79 Å². The Hall–Kier alpha value is -1.44. The molecule has 1 aromatic carbocycles. The first-order chi connectivity index (χ1) is 9.69. The van der Waals surface area contributed by atoms with Gasteiger partial charge in [-0.15, -0.1) is 12.4 Å². The van der Waals surface area contributed by atoms with Gasteiger partial charge in [-0.3, -0.25) is 19.3 Å². The molecule has 0 bridgehead atoms. The van der Waals surface area contributed by atoms with E-state index >= 15 is 0 Å². The van der Waals surface area contributed by atoms with Gasteiger partial charge in [-0.2, -0.15) is 0 Å². The fraction of sp³-hybridized carbons (Fsp3) is 0.357. The van der Waals surface area contributed by atoms with Gasteiger partial charge in [0.25, 0.3) is 11.8 Å². The zero-order chi connectivity index (χ0) is 15.8. The van der Waals surface area contributed by atoms with Crippen LogP contribution in [0.2, 0.25) is 0 Å². The van der Waals surface area contributed by atoms with Gasteiger partial charge in [0.05, 0.1) is 11.1 Å². The van der Waals surface area contributed by atoms with E-state index in [1.165, 1.54) is 0 Å². The van der Waals surface area contributed by atoms with Crippen molar-refractivity contribution >= 4 is 46.1 Å². The van der Waals surface area contributed by atoms with Gasteiger partial charge in [0.2, 0.25) is 5.91 Å². The number of nitrogens with one attached hydrogen (secondary N) is 1. The summed E-state index contributed by atoms with van der Waals surface area (Å²) in [4.78, 5) is 37.1. The molecule has 120 valence electrons. The Kier molecular flexibility index (Phi) is 5.72. The van der Waals surface area contributed by atoms with E-state index in [4.69, 9.17) is 5.73 Å². The van der Waals surface area contributed by atoms with Crippen molar-refractivity contribution in [3.63, 3.8) is 0 Å². The zero-order valence-electron chi connectivity index (χ0n) is 12.2. The summed E-state index contributed by atoms with van der Waals surface area (Å²) in [5.41, 5.74) is 5.83. The lowest BCUT2D eigenvalue weighted by Crippen LogP contribution is -2.48. The molecule has 0 atom stereocenters. The number of carbonyl (C=O) groups is 3. The molecule has 8 heteroatoms. The fourth-order valence-corrected chi connectivity index (χ4v) is 2.29. The van der Waals surface area contributed by atoms with Crippen LogP contribution in [0, 0.1) is 0 Å². The minimum atomic E-state index is -0.553. The second kappa shape index (κ2) is 6.76. The highest BCUT2D eigenvalue weighted by atomic mass is 79.9. The number of halogens is 2. The maximum atomic E-state index is 12.2. The van der Waals surface area contributed by atoms with Gasteiger partial charge in [0, 0.05) is 16.6 Å². The molecule has 0 fully saturated rings. The average Bonchev–Trinajstić information content (AvgIpc) is 2.60. The molecular formula is C14H17BrClN3O3. The van der Waals surface area contributed by atoms with Gasteiger partial charge in [-0.25, -0.2) is 0 Å². The second-order valence-electron chi connectivity index (χ2n) is 5.65. The maximum Gasteiger partial charge on any atom is 0.262 e. The molecule has 2 rings (SSSR count). The van der Waals surface area contributed by atoms with E-state index in [0.717, 1.165) is 4.90 Å². The van der Waals surface area contributed by atoms with Crippen LogP contribution in [0.3, 0.4) is 0 Å². The van der Waals surface area contributed by atoms with E-state index < -0.39 is 23.3 Å². The number of rotatable bonds is 4. The number of fused-ring (bicyclic) bond motifs is 1. The number of amides is 3. The van der Waals surface area contributed by atoms with Crippen LogP contribution in [0.4, 0.5) is 0 Å². The van der Waals surface area contributed by atoms with Crippen LogP contribution >= 0.6 is 28.3 Å². The van der Waals surface area contributed by atoms with Crippen molar-refractivity contribution in [2.45, 2.75) is 19.4 Å². The Morgan fingerprint density at radius 1 is 1.27 bits per heavy atom. The van der Waals surface area contributed by atoms with Gasteiger partial charge in [0.1, 0.15) is 6.54 Å². The Balaban J connectivity index is 0.00000242. The zero-order valence-corrected chi connectivity index (χ0v) is 14.6. The molecule has 0 saturated heterocycles. The minimum Gasteiger partial charge on any atom is -0.353 e. The molecule has 1 heterocycles. The van der Waals surface area contributed by atoms with Crippen molar-refractivity contribution in [2.24, 2.45) is 5.73 Å². The number of carbonyl (C=O) groups excluding carboxylic acids is 3. The summed E-state index contributed by atoms with van der Waals surface area (Å²) in [6, 6.07) is 4.83. The van der Waals surface area contributed by atoms with Crippen molar-refractivity contribution < 1.29 is 14.4 Å². The summed E-state index contributed by atoms with van der Waals surface area (Å²) < 4.78 is 0.707. The Labute approximate surface area is 142 Å². The predicted molar refractivity (Wildman–Crippen MR) is 88.0 cm³/mol. The predicted octanol–water partition coefficient (Wildman–Crippen LogP) is 1.32. The molecule has 0 radical (unpaired) electrons. The largest absolute Gasteiger partial charge is 0.353 e. The lowest BCUT2D eigenvalue weighted by molar-refractivity contribution is -0.121. The van der Waals surface area contributed by atoms with Gasteiger partial charge < -0.3 is 11.1 Å². The molecule has 22 heavy (non-hydrogen) atoms. The lowest BCUT2D eigenvalue weighted by atomic mass is 10.1. The summed E-state index contributed by atoms with van der Waals surface area (Å²) in [6.07, 6.45) is 0. The third-order valence-corrected chi connectivity index (χ3v) is 3.47. The Bertz CT molecular complexity index is 628. The SMILES string of the molecule is CC(C)(N)CNC(=O)CN1C(=O)c2ccc(Br)cc2C1=O.Cl. The molecule has 3 amide bonds.